The van der Waals surface area contributed by atoms with E-state index in [9.17, 15) is 4.79 Å². The van der Waals surface area contributed by atoms with Crippen molar-refractivity contribution in [2.24, 2.45) is 0 Å². The fourth-order valence-electron chi connectivity index (χ4n) is 2.27. The van der Waals surface area contributed by atoms with Crippen molar-refractivity contribution in [3.8, 4) is 0 Å². The highest BCUT2D eigenvalue weighted by atomic mass is 16.1. The van der Waals surface area contributed by atoms with Gasteiger partial charge in [-0.05, 0) is 38.1 Å². The zero-order chi connectivity index (χ0) is 14.8. The molecule has 0 saturated heterocycles. The number of imidazole rings is 1. The van der Waals surface area contributed by atoms with Gasteiger partial charge in [-0.3, -0.25) is 15.1 Å². The predicted molar refractivity (Wildman–Crippen MR) is 82.3 cm³/mol. The summed E-state index contributed by atoms with van der Waals surface area (Å²) in [6.07, 6.45) is 1.57. The van der Waals surface area contributed by atoms with Gasteiger partial charge in [-0.25, -0.2) is 4.98 Å². The van der Waals surface area contributed by atoms with Gasteiger partial charge in [0.05, 0.1) is 16.6 Å². The van der Waals surface area contributed by atoms with E-state index in [0.29, 0.717) is 11.5 Å². The standard InChI is InChI=1S/C16H16N4O/c1-3-20-14-7-5-4-6-13(14)18-16(20)19-15(21)12-9-8-11(2)17-10-12/h4-10H,3H2,1-2H3,(H,18,19,21). The molecule has 0 aliphatic rings. The maximum atomic E-state index is 12.3. The molecule has 0 saturated carbocycles. The van der Waals surface area contributed by atoms with Crippen molar-refractivity contribution >= 4 is 22.9 Å². The Kier molecular flexibility index (Phi) is 3.39. The van der Waals surface area contributed by atoms with Crippen molar-refractivity contribution in [3.05, 3.63) is 53.9 Å². The van der Waals surface area contributed by atoms with Crippen LogP contribution in [0.3, 0.4) is 0 Å². The van der Waals surface area contributed by atoms with E-state index in [0.717, 1.165) is 23.3 Å². The first kappa shape index (κ1) is 13.3. The number of rotatable bonds is 3. The average molecular weight is 280 g/mol. The van der Waals surface area contributed by atoms with E-state index in [4.69, 9.17) is 0 Å². The number of aromatic nitrogens is 3. The number of anilines is 1. The smallest absolute Gasteiger partial charge is 0.259 e. The highest BCUT2D eigenvalue weighted by molar-refractivity contribution is 6.03. The first-order chi connectivity index (χ1) is 10.2. The van der Waals surface area contributed by atoms with Crippen LogP contribution in [-0.2, 0) is 6.54 Å². The van der Waals surface area contributed by atoms with Gasteiger partial charge in [0.1, 0.15) is 0 Å². The SMILES string of the molecule is CCn1c(NC(=O)c2ccc(C)nc2)nc2ccccc21. The number of amides is 1. The van der Waals surface area contributed by atoms with Gasteiger partial charge in [0, 0.05) is 18.4 Å². The lowest BCUT2D eigenvalue weighted by Crippen LogP contribution is -2.16. The van der Waals surface area contributed by atoms with Gasteiger partial charge in [-0.2, -0.15) is 0 Å². The normalized spacial score (nSPS) is 10.8. The van der Waals surface area contributed by atoms with Crippen molar-refractivity contribution in [1.29, 1.82) is 0 Å². The average Bonchev–Trinajstić information content (AvgIpc) is 2.84. The van der Waals surface area contributed by atoms with Crippen molar-refractivity contribution in [1.82, 2.24) is 14.5 Å². The summed E-state index contributed by atoms with van der Waals surface area (Å²) in [7, 11) is 0. The van der Waals surface area contributed by atoms with Crippen LogP contribution >= 0.6 is 0 Å². The van der Waals surface area contributed by atoms with Crippen LogP contribution in [0.15, 0.2) is 42.6 Å². The van der Waals surface area contributed by atoms with Crippen LogP contribution in [0.1, 0.15) is 23.0 Å². The molecule has 0 fully saturated rings. The van der Waals surface area contributed by atoms with Crippen LogP contribution in [-0.4, -0.2) is 20.4 Å². The number of nitrogens with one attached hydrogen (secondary N) is 1. The Morgan fingerprint density at radius 3 is 2.76 bits per heavy atom. The number of benzene rings is 1. The van der Waals surface area contributed by atoms with E-state index in [1.54, 1.807) is 12.3 Å². The molecule has 0 aliphatic carbocycles. The second-order valence-electron chi connectivity index (χ2n) is 4.81. The first-order valence-electron chi connectivity index (χ1n) is 6.88. The van der Waals surface area contributed by atoms with Crippen molar-refractivity contribution in [2.75, 3.05) is 5.32 Å². The third kappa shape index (κ3) is 2.50. The molecule has 106 valence electrons. The van der Waals surface area contributed by atoms with Gasteiger partial charge in [-0.1, -0.05) is 12.1 Å². The summed E-state index contributed by atoms with van der Waals surface area (Å²) < 4.78 is 1.98. The second-order valence-corrected chi connectivity index (χ2v) is 4.81. The Bertz CT molecular complexity index is 790. The lowest BCUT2D eigenvalue weighted by Gasteiger charge is -2.07. The zero-order valence-electron chi connectivity index (χ0n) is 12.0. The molecule has 2 aromatic heterocycles. The Morgan fingerprint density at radius 2 is 2.05 bits per heavy atom. The van der Waals surface area contributed by atoms with E-state index < -0.39 is 0 Å². The number of aryl methyl sites for hydroxylation is 2. The Hall–Kier alpha value is -2.69. The quantitative estimate of drug-likeness (QED) is 0.802. The molecule has 0 atom stereocenters. The molecule has 3 aromatic rings. The minimum Gasteiger partial charge on any atom is -0.310 e. The molecule has 1 N–H and O–H groups in total. The molecule has 0 spiro atoms. The molecule has 0 bridgehead atoms. The van der Waals surface area contributed by atoms with Crippen molar-refractivity contribution < 1.29 is 4.79 Å². The van der Waals surface area contributed by atoms with E-state index in [1.807, 2.05) is 48.7 Å². The molecule has 3 rings (SSSR count). The van der Waals surface area contributed by atoms with Crippen LogP contribution in [0.5, 0.6) is 0 Å². The maximum absolute atomic E-state index is 12.3. The molecule has 0 radical (unpaired) electrons. The minimum absolute atomic E-state index is 0.201. The van der Waals surface area contributed by atoms with Crippen LogP contribution in [0.2, 0.25) is 0 Å². The number of pyridine rings is 1. The zero-order valence-corrected chi connectivity index (χ0v) is 12.0. The molecule has 2 heterocycles. The highest BCUT2D eigenvalue weighted by Gasteiger charge is 2.13. The summed E-state index contributed by atoms with van der Waals surface area (Å²) in [5, 5.41) is 2.86. The van der Waals surface area contributed by atoms with Gasteiger partial charge >= 0.3 is 0 Å². The lowest BCUT2D eigenvalue weighted by atomic mass is 10.2. The summed E-state index contributed by atoms with van der Waals surface area (Å²) >= 11 is 0. The number of hydrogen-bond donors (Lipinski definition) is 1. The fraction of sp³-hybridized carbons (Fsp3) is 0.188. The number of carbonyl (C=O) groups is 1. The number of carbonyl (C=O) groups excluding carboxylic acids is 1. The molecular formula is C16H16N4O. The molecule has 21 heavy (non-hydrogen) atoms. The molecule has 1 amide bonds. The minimum atomic E-state index is -0.201. The predicted octanol–water partition coefficient (Wildman–Crippen LogP) is 3.01. The Morgan fingerprint density at radius 1 is 1.24 bits per heavy atom. The molecular weight excluding hydrogens is 264 g/mol. The van der Waals surface area contributed by atoms with E-state index in [-0.39, 0.29) is 5.91 Å². The summed E-state index contributed by atoms with van der Waals surface area (Å²) in [4.78, 5) is 20.9. The van der Waals surface area contributed by atoms with Crippen LogP contribution in [0, 0.1) is 6.92 Å². The van der Waals surface area contributed by atoms with Gasteiger partial charge in [-0.15, -0.1) is 0 Å². The molecule has 0 unspecified atom stereocenters. The van der Waals surface area contributed by atoms with Gasteiger partial charge in [0.15, 0.2) is 0 Å². The Balaban J connectivity index is 1.94. The van der Waals surface area contributed by atoms with Crippen LogP contribution < -0.4 is 5.32 Å². The lowest BCUT2D eigenvalue weighted by molar-refractivity contribution is 0.102. The molecule has 1 aromatic carbocycles. The largest absolute Gasteiger partial charge is 0.310 e. The Labute approximate surface area is 122 Å². The number of nitrogens with zero attached hydrogens (tertiary/aromatic N) is 3. The topological polar surface area (TPSA) is 59.8 Å². The van der Waals surface area contributed by atoms with Gasteiger partial charge in [0.2, 0.25) is 5.95 Å². The monoisotopic (exact) mass is 280 g/mol. The number of hydrogen-bond acceptors (Lipinski definition) is 3. The van der Waals surface area contributed by atoms with E-state index in [2.05, 4.69) is 15.3 Å². The molecule has 5 nitrogen and oxygen atoms in total. The first-order valence-corrected chi connectivity index (χ1v) is 6.88. The number of fused-ring (bicyclic) bond motifs is 1. The number of para-hydroxylation sites is 2. The van der Waals surface area contributed by atoms with Crippen molar-refractivity contribution in [2.45, 2.75) is 20.4 Å². The fourth-order valence-corrected chi connectivity index (χ4v) is 2.27. The maximum Gasteiger partial charge on any atom is 0.259 e. The summed E-state index contributed by atoms with van der Waals surface area (Å²) in [6, 6.07) is 11.4. The van der Waals surface area contributed by atoms with Crippen LogP contribution in [0.25, 0.3) is 11.0 Å². The second kappa shape index (κ2) is 5.36. The van der Waals surface area contributed by atoms with Crippen LogP contribution in [0.4, 0.5) is 5.95 Å². The molecule has 0 aliphatic heterocycles. The van der Waals surface area contributed by atoms with E-state index in [1.165, 1.54) is 0 Å². The summed E-state index contributed by atoms with van der Waals surface area (Å²) in [5.41, 5.74) is 3.29. The summed E-state index contributed by atoms with van der Waals surface area (Å²) in [6.45, 7) is 4.65. The van der Waals surface area contributed by atoms with Gasteiger partial charge < -0.3 is 4.57 Å². The summed E-state index contributed by atoms with van der Waals surface area (Å²) in [5.74, 6) is 0.358. The molecule has 5 heteroatoms. The third-order valence-corrected chi connectivity index (χ3v) is 3.37. The van der Waals surface area contributed by atoms with Gasteiger partial charge in [0.25, 0.3) is 5.91 Å². The highest BCUT2D eigenvalue weighted by Crippen LogP contribution is 2.19. The third-order valence-electron chi connectivity index (χ3n) is 3.37. The van der Waals surface area contributed by atoms with Crippen molar-refractivity contribution in [3.63, 3.8) is 0 Å². The van der Waals surface area contributed by atoms with E-state index >= 15 is 0 Å².